The van der Waals surface area contributed by atoms with E-state index in [1.54, 1.807) is 24.3 Å². The lowest BCUT2D eigenvalue weighted by Crippen LogP contribution is -2.12. The van der Waals surface area contributed by atoms with Crippen molar-refractivity contribution >= 4 is 11.6 Å². The summed E-state index contributed by atoms with van der Waals surface area (Å²) in [7, 11) is 1.51. The number of benzene rings is 2. The predicted molar refractivity (Wildman–Crippen MR) is 96.7 cm³/mol. The van der Waals surface area contributed by atoms with Gasteiger partial charge in [-0.25, -0.2) is 4.98 Å². The van der Waals surface area contributed by atoms with Gasteiger partial charge in [0.15, 0.2) is 0 Å². The molecule has 28 heavy (non-hydrogen) atoms. The number of pyridine rings is 1. The highest BCUT2D eigenvalue weighted by Crippen LogP contribution is 2.30. The van der Waals surface area contributed by atoms with Gasteiger partial charge in [0.05, 0.1) is 18.4 Å². The maximum atomic E-state index is 12.5. The van der Waals surface area contributed by atoms with Crippen LogP contribution in [0.4, 0.5) is 18.9 Å². The summed E-state index contributed by atoms with van der Waals surface area (Å²) in [5.74, 6) is 0.535. The van der Waals surface area contributed by atoms with Crippen LogP contribution in [0.1, 0.15) is 15.9 Å². The normalized spacial score (nSPS) is 11.0. The molecule has 0 atom stereocenters. The van der Waals surface area contributed by atoms with Crippen molar-refractivity contribution in [3.05, 3.63) is 78.0 Å². The van der Waals surface area contributed by atoms with Crippen LogP contribution in [0.2, 0.25) is 0 Å². The number of nitrogens with zero attached hydrogens (tertiary/aromatic N) is 1. The number of carbonyl (C=O) groups excluding carboxylic acids is 1. The number of para-hydroxylation sites is 2. The van der Waals surface area contributed by atoms with E-state index >= 15 is 0 Å². The summed E-state index contributed by atoms with van der Waals surface area (Å²) in [4.78, 5) is 16.0. The molecular formula is C20H15F3N2O3. The Morgan fingerprint density at radius 3 is 2.32 bits per heavy atom. The van der Waals surface area contributed by atoms with Crippen LogP contribution < -0.4 is 14.8 Å². The molecule has 3 aromatic rings. The average Bonchev–Trinajstić information content (AvgIpc) is 2.68. The van der Waals surface area contributed by atoms with E-state index in [2.05, 4.69) is 10.3 Å². The van der Waals surface area contributed by atoms with Gasteiger partial charge in [-0.15, -0.1) is 0 Å². The van der Waals surface area contributed by atoms with Crippen molar-refractivity contribution in [1.82, 2.24) is 4.98 Å². The number of rotatable bonds is 5. The molecule has 5 nitrogen and oxygen atoms in total. The fourth-order valence-corrected chi connectivity index (χ4v) is 2.35. The first-order chi connectivity index (χ1) is 13.4. The van der Waals surface area contributed by atoms with E-state index in [-0.39, 0.29) is 11.8 Å². The van der Waals surface area contributed by atoms with Crippen LogP contribution in [0, 0.1) is 0 Å². The maximum absolute atomic E-state index is 12.5. The standard InChI is InChI=1S/C20H15F3N2O3/c1-27-17-5-3-2-4-16(17)25-19(26)13-6-9-15(10-7-13)28-18-11-8-14(12-24-18)20(21,22)23/h2-12H,1H3,(H,25,26). The number of carbonyl (C=O) groups is 1. The summed E-state index contributed by atoms with van der Waals surface area (Å²) >= 11 is 0. The molecule has 0 aliphatic rings. The molecule has 0 unspecified atom stereocenters. The van der Waals surface area contributed by atoms with E-state index in [1.165, 1.54) is 31.4 Å². The first-order valence-corrected chi connectivity index (χ1v) is 8.12. The Morgan fingerprint density at radius 1 is 1.00 bits per heavy atom. The number of halogens is 3. The van der Waals surface area contributed by atoms with Crippen molar-refractivity contribution < 1.29 is 27.4 Å². The van der Waals surface area contributed by atoms with Crippen LogP contribution >= 0.6 is 0 Å². The highest BCUT2D eigenvalue weighted by atomic mass is 19.4. The lowest BCUT2D eigenvalue weighted by Gasteiger charge is -2.10. The summed E-state index contributed by atoms with van der Waals surface area (Å²) in [6.45, 7) is 0. The third kappa shape index (κ3) is 4.59. The largest absolute Gasteiger partial charge is 0.495 e. The van der Waals surface area contributed by atoms with Gasteiger partial charge in [-0.1, -0.05) is 12.1 Å². The molecule has 0 aliphatic carbocycles. The quantitative estimate of drug-likeness (QED) is 0.656. The zero-order valence-electron chi connectivity index (χ0n) is 14.7. The number of anilines is 1. The second kappa shape index (κ2) is 7.99. The Balaban J connectivity index is 1.67. The number of nitrogens with one attached hydrogen (secondary N) is 1. The molecule has 0 saturated carbocycles. The van der Waals surface area contributed by atoms with Gasteiger partial charge in [-0.2, -0.15) is 13.2 Å². The van der Waals surface area contributed by atoms with Gasteiger partial charge in [0.2, 0.25) is 5.88 Å². The molecule has 0 radical (unpaired) electrons. The number of ether oxygens (including phenoxy) is 2. The molecule has 3 rings (SSSR count). The number of hydrogen-bond donors (Lipinski definition) is 1. The Labute approximate surface area is 158 Å². The van der Waals surface area contributed by atoms with Crippen molar-refractivity contribution in [3.63, 3.8) is 0 Å². The Kier molecular flexibility index (Phi) is 5.49. The Hall–Kier alpha value is -3.55. The monoisotopic (exact) mass is 388 g/mol. The number of hydrogen-bond acceptors (Lipinski definition) is 4. The van der Waals surface area contributed by atoms with Gasteiger partial charge < -0.3 is 14.8 Å². The summed E-state index contributed by atoms with van der Waals surface area (Å²) in [5, 5.41) is 2.74. The van der Waals surface area contributed by atoms with Gasteiger partial charge in [-0.3, -0.25) is 4.79 Å². The van der Waals surface area contributed by atoms with Gasteiger partial charge in [0.25, 0.3) is 5.91 Å². The number of alkyl halides is 3. The fourth-order valence-electron chi connectivity index (χ4n) is 2.35. The zero-order valence-corrected chi connectivity index (χ0v) is 14.7. The predicted octanol–water partition coefficient (Wildman–Crippen LogP) is 5.15. The van der Waals surface area contributed by atoms with Crippen LogP contribution in [0.3, 0.4) is 0 Å². The number of amides is 1. The second-order valence-corrected chi connectivity index (χ2v) is 5.66. The van der Waals surface area contributed by atoms with Crippen molar-refractivity contribution in [1.29, 1.82) is 0 Å². The summed E-state index contributed by atoms with van der Waals surface area (Å²) in [5.41, 5.74) is 0.0473. The van der Waals surface area contributed by atoms with Crippen LogP contribution in [0.25, 0.3) is 0 Å². The van der Waals surface area contributed by atoms with Gasteiger partial charge >= 0.3 is 6.18 Å². The van der Waals surface area contributed by atoms with Crippen molar-refractivity contribution in [2.24, 2.45) is 0 Å². The molecule has 0 bridgehead atoms. The molecule has 1 N–H and O–H groups in total. The molecule has 144 valence electrons. The van der Waals surface area contributed by atoms with Crippen LogP contribution in [0.15, 0.2) is 66.9 Å². The van der Waals surface area contributed by atoms with E-state index in [1.807, 2.05) is 0 Å². The highest BCUT2D eigenvalue weighted by molar-refractivity contribution is 6.05. The van der Waals surface area contributed by atoms with Crippen molar-refractivity contribution in [3.8, 4) is 17.4 Å². The second-order valence-electron chi connectivity index (χ2n) is 5.66. The smallest absolute Gasteiger partial charge is 0.417 e. The molecule has 1 aromatic heterocycles. The van der Waals surface area contributed by atoms with Gasteiger partial charge in [-0.05, 0) is 42.5 Å². The molecule has 1 amide bonds. The SMILES string of the molecule is COc1ccccc1NC(=O)c1ccc(Oc2ccc(C(F)(F)F)cn2)cc1. The molecule has 2 aromatic carbocycles. The van der Waals surface area contributed by atoms with Gasteiger partial charge in [0, 0.05) is 17.8 Å². The lowest BCUT2D eigenvalue weighted by molar-refractivity contribution is -0.137. The van der Waals surface area contributed by atoms with Gasteiger partial charge in [0.1, 0.15) is 11.5 Å². The van der Waals surface area contributed by atoms with E-state index in [0.29, 0.717) is 28.9 Å². The molecule has 1 heterocycles. The molecule has 0 aliphatic heterocycles. The minimum atomic E-state index is -4.46. The zero-order chi connectivity index (χ0) is 20.1. The van der Waals surface area contributed by atoms with Crippen molar-refractivity contribution in [2.75, 3.05) is 12.4 Å². The number of methoxy groups -OCH3 is 1. The average molecular weight is 388 g/mol. The first kappa shape index (κ1) is 19.2. The Morgan fingerprint density at radius 2 is 1.71 bits per heavy atom. The lowest BCUT2D eigenvalue weighted by atomic mass is 10.2. The highest BCUT2D eigenvalue weighted by Gasteiger charge is 2.30. The third-order valence-electron chi connectivity index (χ3n) is 3.76. The third-order valence-corrected chi connectivity index (χ3v) is 3.76. The molecule has 8 heteroatoms. The molecule has 0 fully saturated rings. The van der Waals surface area contributed by atoms with Crippen LogP contribution in [-0.4, -0.2) is 18.0 Å². The number of aromatic nitrogens is 1. The van der Waals surface area contributed by atoms with Crippen molar-refractivity contribution in [2.45, 2.75) is 6.18 Å². The summed E-state index contributed by atoms with van der Waals surface area (Å²) in [6, 6.07) is 15.1. The topological polar surface area (TPSA) is 60.5 Å². The molecular weight excluding hydrogens is 373 g/mol. The van der Waals surface area contributed by atoms with E-state index in [4.69, 9.17) is 9.47 Å². The van der Waals surface area contributed by atoms with E-state index < -0.39 is 11.7 Å². The summed E-state index contributed by atoms with van der Waals surface area (Å²) in [6.07, 6.45) is -3.76. The van der Waals surface area contributed by atoms with E-state index in [0.717, 1.165) is 12.1 Å². The molecule has 0 spiro atoms. The molecule has 0 saturated heterocycles. The van der Waals surface area contributed by atoms with Crippen LogP contribution in [0.5, 0.6) is 17.4 Å². The minimum Gasteiger partial charge on any atom is -0.495 e. The minimum absolute atomic E-state index is 0.0132. The Bertz CT molecular complexity index is 956. The summed E-state index contributed by atoms with van der Waals surface area (Å²) < 4.78 is 48.2. The first-order valence-electron chi connectivity index (χ1n) is 8.12. The van der Waals surface area contributed by atoms with Crippen LogP contribution in [-0.2, 0) is 6.18 Å². The maximum Gasteiger partial charge on any atom is 0.417 e. The fraction of sp³-hybridized carbons (Fsp3) is 0.100. The van der Waals surface area contributed by atoms with E-state index in [9.17, 15) is 18.0 Å².